The number of benzene rings is 1. The minimum absolute atomic E-state index is 0.165. The molecule has 0 spiro atoms. The molecule has 1 saturated carbocycles. The second-order valence-corrected chi connectivity index (χ2v) is 12.2. The molecule has 0 amide bonds. The fraction of sp³-hybridized carbons (Fsp3) is 0.533. The number of nitrogens with zero attached hydrogens (tertiary/aromatic N) is 2. The molecule has 142 valence electrons. The Kier molecular flexibility index (Phi) is 4.77. The number of rotatable bonds is 5. The highest BCUT2D eigenvalue weighted by Crippen LogP contribution is 2.32. The van der Waals surface area contributed by atoms with Crippen LogP contribution in [0.2, 0.25) is 4.47 Å². The third kappa shape index (κ3) is 3.63. The van der Waals surface area contributed by atoms with Gasteiger partial charge in [-0.25, -0.2) is 30.8 Å². The predicted molar refractivity (Wildman–Crippen MR) is 101 cm³/mol. The van der Waals surface area contributed by atoms with Crippen LogP contribution in [-0.4, -0.2) is 50.5 Å². The molecule has 2 aromatic rings. The summed E-state index contributed by atoms with van der Waals surface area (Å²) in [5.41, 5.74) is 0.664. The van der Waals surface area contributed by atoms with Crippen molar-refractivity contribution in [2.45, 2.75) is 41.9 Å². The highest BCUT2D eigenvalue weighted by Gasteiger charge is 2.41. The number of aromatic nitrogens is 1. The van der Waals surface area contributed by atoms with Crippen LogP contribution in [0.3, 0.4) is 0 Å². The average Bonchev–Trinajstić information content (AvgIpc) is 3.37. The van der Waals surface area contributed by atoms with Gasteiger partial charge in [0.25, 0.3) is 0 Å². The van der Waals surface area contributed by atoms with E-state index in [1.165, 1.54) is 21.7 Å². The first-order valence-corrected chi connectivity index (χ1v) is 12.5. The van der Waals surface area contributed by atoms with Gasteiger partial charge in [-0.15, -0.1) is 11.3 Å². The lowest BCUT2D eigenvalue weighted by atomic mass is 10.1. The molecular weight excluding hydrogens is 418 g/mol. The van der Waals surface area contributed by atoms with E-state index >= 15 is 0 Å². The fourth-order valence-corrected chi connectivity index (χ4v) is 7.48. The molecule has 26 heavy (non-hydrogen) atoms. The van der Waals surface area contributed by atoms with E-state index in [2.05, 4.69) is 9.71 Å². The number of piperidine rings is 1. The summed E-state index contributed by atoms with van der Waals surface area (Å²) in [6, 6.07) is 4.43. The normalized spacial score (nSPS) is 20.7. The molecule has 1 N–H and O–H groups in total. The van der Waals surface area contributed by atoms with E-state index in [4.69, 9.17) is 11.6 Å². The van der Waals surface area contributed by atoms with Gasteiger partial charge < -0.3 is 0 Å². The Morgan fingerprint density at radius 3 is 2.46 bits per heavy atom. The van der Waals surface area contributed by atoms with Gasteiger partial charge in [-0.05, 0) is 43.9 Å². The number of hydrogen-bond donors (Lipinski definition) is 1. The van der Waals surface area contributed by atoms with E-state index < -0.39 is 20.0 Å². The molecule has 1 aliphatic carbocycles. The molecule has 1 aliphatic heterocycles. The van der Waals surface area contributed by atoms with Crippen LogP contribution in [0.25, 0.3) is 10.2 Å². The Labute approximate surface area is 161 Å². The van der Waals surface area contributed by atoms with Gasteiger partial charge in [0.05, 0.1) is 20.4 Å². The van der Waals surface area contributed by atoms with Crippen LogP contribution < -0.4 is 4.72 Å². The third-order valence-corrected chi connectivity index (χ3v) is 9.76. The first-order valence-electron chi connectivity index (χ1n) is 8.33. The number of fused-ring (bicyclic) bond motifs is 1. The van der Waals surface area contributed by atoms with Crippen LogP contribution in [0, 0.1) is 0 Å². The number of nitrogens with one attached hydrogen (secondary N) is 1. The summed E-state index contributed by atoms with van der Waals surface area (Å²) >= 11 is 7.10. The van der Waals surface area contributed by atoms with Crippen molar-refractivity contribution in [2.75, 3.05) is 13.1 Å². The van der Waals surface area contributed by atoms with Crippen LogP contribution in [0.4, 0.5) is 0 Å². The van der Waals surface area contributed by atoms with Crippen molar-refractivity contribution in [1.82, 2.24) is 14.0 Å². The number of halogens is 1. The minimum Gasteiger partial charge on any atom is -0.225 e. The van der Waals surface area contributed by atoms with E-state index in [0.29, 0.717) is 40.6 Å². The quantitative estimate of drug-likeness (QED) is 0.776. The zero-order valence-corrected chi connectivity index (χ0v) is 17.0. The summed E-state index contributed by atoms with van der Waals surface area (Å²) < 4.78 is 55.1. The lowest BCUT2D eigenvalue weighted by Crippen LogP contribution is -2.47. The molecule has 11 heteroatoms. The van der Waals surface area contributed by atoms with Crippen molar-refractivity contribution >= 4 is 53.2 Å². The Morgan fingerprint density at radius 2 is 1.81 bits per heavy atom. The maximum Gasteiger partial charge on any atom is 0.240 e. The average molecular weight is 436 g/mol. The van der Waals surface area contributed by atoms with Crippen molar-refractivity contribution in [2.24, 2.45) is 0 Å². The maximum atomic E-state index is 12.7. The lowest BCUT2D eigenvalue weighted by Gasteiger charge is -2.31. The summed E-state index contributed by atoms with van der Waals surface area (Å²) in [4.78, 5) is 4.27. The number of thiazole rings is 1. The van der Waals surface area contributed by atoms with Crippen LogP contribution in [0.5, 0.6) is 0 Å². The molecule has 2 aliphatic rings. The molecule has 1 saturated heterocycles. The van der Waals surface area contributed by atoms with E-state index in [1.807, 2.05) is 0 Å². The van der Waals surface area contributed by atoms with E-state index in [1.54, 1.807) is 12.1 Å². The molecule has 2 heterocycles. The molecule has 7 nitrogen and oxygen atoms in total. The molecule has 1 aromatic carbocycles. The van der Waals surface area contributed by atoms with Crippen molar-refractivity contribution in [1.29, 1.82) is 0 Å². The van der Waals surface area contributed by atoms with E-state index in [-0.39, 0.29) is 16.2 Å². The molecule has 0 unspecified atom stereocenters. The Morgan fingerprint density at radius 1 is 1.12 bits per heavy atom. The van der Waals surface area contributed by atoms with Crippen molar-refractivity contribution < 1.29 is 16.8 Å². The smallest absolute Gasteiger partial charge is 0.225 e. The second-order valence-electron chi connectivity index (χ2n) is 6.64. The Hall–Kier alpha value is -0.780. The SMILES string of the molecule is O=S(=O)(NC1CCN(S(=O)(=O)C2CC2)CC1)c1ccc2nc(Cl)sc2c1. The Balaban J connectivity index is 1.44. The van der Waals surface area contributed by atoms with Crippen LogP contribution in [0.15, 0.2) is 23.1 Å². The van der Waals surface area contributed by atoms with Crippen LogP contribution >= 0.6 is 22.9 Å². The summed E-state index contributed by atoms with van der Waals surface area (Å²) in [6.07, 6.45) is 2.41. The zero-order valence-electron chi connectivity index (χ0n) is 13.8. The largest absolute Gasteiger partial charge is 0.240 e. The van der Waals surface area contributed by atoms with Crippen LogP contribution in [-0.2, 0) is 20.0 Å². The molecule has 0 atom stereocenters. The second kappa shape index (κ2) is 6.68. The highest BCUT2D eigenvalue weighted by atomic mass is 35.5. The molecule has 0 radical (unpaired) electrons. The summed E-state index contributed by atoms with van der Waals surface area (Å²) in [5, 5.41) is -0.228. The molecule has 0 bridgehead atoms. The lowest BCUT2D eigenvalue weighted by molar-refractivity contribution is 0.308. The first-order chi connectivity index (χ1) is 12.3. The number of hydrogen-bond acceptors (Lipinski definition) is 6. The van der Waals surface area contributed by atoms with Gasteiger partial charge >= 0.3 is 0 Å². The predicted octanol–water partition coefficient (Wildman–Crippen LogP) is 2.18. The number of sulfonamides is 2. The fourth-order valence-electron chi connectivity index (χ4n) is 3.14. The molecular formula is C15H18ClN3O4S3. The van der Waals surface area contributed by atoms with Crippen molar-refractivity contribution in [3.05, 3.63) is 22.7 Å². The molecule has 2 fully saturated rings. The standard InChI is InChI=1S/C15H18ClN3O4S3/c16-15-17-13-4-3-12(9-14(13)24-15)25(20,21)18-10-5-7-19(8-6-10)26(22,23)11-1-2-11/h3-4,9-11,18H,1-2,5-8H2. The highest BCUT2D eigenvalue weighted by molar-refractivity contribution is 7.90. The van der Waals surface area contributed by atoms with E-state index in [0.717, 1.165) is 12.8 Å². The van der Waals surface area contributed by atoms with Crippen molar-refractivity contribution in [3.63, 3.8) is 0 Å². The van der Waals surface area contributed by atoms with Gasteiger partial charge in [-0.1, -0.05) is 11.6 Å². The van der Waals surface area contributed by atoms with Crippen LogP contribution in [0.1, 0.15) is 25.7 Å². The molecule has 1 aromatic heterocycles. The summed E-state index contributed by atoms with van der Waals surface area (Å²) in [5.74, 6) is 0. The topological polar surface area (TPSA) is 96.4 Å². The minimum atomic E-state index is -3.68. The maximum absolute atomic E-state index is 12.7. The van der Waals surface area contributed by atoms with Gasteiger partial charge in [-0.3, -0.25) is 0 Å². The van der Waals surface area contributed by atoms with Gasteiger partial charge in [-0.2, -0.15) is 0 Å². The van der Waals surface area contributed by atoms with Gasteiger partial charge in [0.15, 0.2) is 4.47 Å². The monoisotopic (exact) mass is 435 g/mol. The van der Waals surface area contributed by atoms with Gasteiger partial charge in [0, 0.05) is 19.1 Å². The summed E-state index contributed by atoms with van der Waals surface area (Å²) in [6.45, 7) is 0.713. The third-order valence-electron chi connectivity index (χ3n) is 4.73. The molecule has 4 rings (SSSR count). The zero-order chi connectivity index (χ0) is 18.5. The van der Waals surface area contributed by atoms with Gasteiger partial charge in [0.2, 0.25) is 20.0 Å². The summed E-state index contributed by atoms with van der Waals surface area (Å²) in [7, 11) is -6.87. The Bertz CT molecular complexity index is 1040. The first kappa shape index (κ1) is 18.6. The van der Waals surface area contributed by atoms with E-state index in [9.17, 15) is 16.8 Å². The van der Waals surface area contributed by atoms with Crippen molar-refractivity contribution in [3.8, 4) is 0 Å². The van der Waals surface area contributed by atoms with Gasteiger partial charge in [0.1, 0.15) is 0 Å².